The Labute approximate surface area is 154 Å². The van der Waals surface area contributed by atoms with E-state index in [1.54, 1.807) is 47.3 Å². The lowest BCUT2D eigenvalue weighted by Gasteiger charge is -2.33. The number of esters is 1. The Hall–Kier alpha value is -2.93. The van der Waals surface area contributed by atoms with Crippen molar-refractivity contribution >= 4 is 29.0 Å². The highest BCUT2D eigenvalue weighted by Gasteiger charge is 2.42. The van der Waals surface area contributed by atoms with Crippen LogP contribution in [-0.4, -0.2) is 27.3 Å². The number of benzene rings is 1. The van der Waals surface area contributed by atoms with Gasteiger partial charge in [-0.3, -0.25) is 4.79 Å². The van der Waals surface area contributed by atoms with Gasteiger partial charge in [0.1, 0.15) is 5.82 Å². The van der Waals surface area contributed by atoms with Gasteiger partial charge in [0.25, 0.3) is 5.91 Å². The third kappa shape index (κ3) is 3.01. The fourth-order valence-corrected chi connectivity index (χ4v) is 3.71. The molecule has 4 rings (SSSR count). The Balaban J connectivity index is 1.54. The Morgan fingerprint density at radius 3 is 2.96 bits per heavy atom. The monoisotopic (exact) mass is 367 g/mol. The molecule has 0 radical (unpaired) electrons. The number of nitrogens with one attached hydrogen (secondary N) is 1. The van der Waals surface area contributed by atoms with Crippen LogP contribution in [-0.2, 0) is 22.5 Å². The molecule has 6 nitrogen and oxygen atoms in total. The first-order valence-electron chi connectivity index (χ1n) is 8.22. The average Bonchev–Trinajstić information content (AvgIpc) is 3.28. The SMILES string of the molecule is C[C@@]1(C(=O)Nc2ccnn2Cc2cccs2)Cc2ccccc2C(=O)O1. The molecule has 26 heavy (non-hydrogen) atoms. The van der Waals surface area contributed by atoms with E-state index in [1.165, 1.54) is 0 Å². The molecule has 2 aromatic heterocycles. The van der Waals surface area contributed by atoms with Crippen LogP contribution in [0.5, 0.6) is 0 Å². The summed E-state index contributed by atoms with van der Waals surface area (Å²) in [4.78, 5) is 26.3. The molecule has 1 amide bonds. The number of carbonyl (C=O) groups excluding carboxylic acids is 2. The van der Waals surface area contributed by atoms with Crippen LogP contribution in [0.15, 0.2) is 54.0 Å². The van der Waals surface area contributed by atoms with E-state index in [0.29, 0.717) is 24.3 Å². The molecule has 7 heteroatoms. The average molecular weight is 367 g/mol. The maximum atomic E-state index is 12.9. The van der Waals surface area contributed by atoms with Gasteiger partial charge in [0.2, 0.25) is 0 Å². The van der Waals surface area contributed by atoms with E-state index in [2.05, 4.69) is 10.4 Å². The van der Waals surface area contributed by atoms with Gasteiger partial charge >= 0.3 is 5.97 Å². The highest BCUT2D eigenvalue weighted by atomic mass is 32.1. The molecule has 1 aliphatic rings. The van der Waals surface area contributed by atoms with Crippen molar-refractivity contribution in [1.29, 1.82) is 0 Å². The summed E-state index contributed by atoms with van der Waals surface area (Å²) in [6.45, 7) is 2.20. The number of rotatable bonds is 4. The molecule has 0 saturated heterocycles. The van der Waals surface area contributed by atoms with Gasteiger partial charge in [0.05, 0.1) is 18.3 Å². The fourth-order valence-electron chi connectivity index (χ4n) is 3.02. The number of hydrogen-bond donors (Lipinski definition) is 1. The summed E-state index contributed by atoms with van der Waals surface area (Å²) in [6.07, 6.45) is 1.97. The predicted octanol–water partition coefficient (Wildman–Crippen LogP) is 3.10. The van der Waals surface area contributed by atoms with Crippen LogP contribution >= 0.6 is 11.3 Å². The molecule has 1 aromatic carbocycles. The van der Waals surface area contributed by atoms with Gasteiger partial charge in [0, 0.05) is 17.4 Å². The van der Waals surface area contributed by atoms with Crippen LogP contribution in [0.3, 0.4) is 0 Å². The summed E-state index contributed by atoms with van der Waals surface area (Å²) < 4.78 is 7.19. The quantitative estimate of drug-likeness (QED) is 0.719. The second kappa shape index (κ2) is 6.42. The van der Waals surface area contributed by atoms with Crippen LogP contribution in [0.2, 0.25) is 0 Å². The van der Waals surface area contributed by atoms with Gasteiger partial charge in [-0.1, -0.05) is 24.3 Å². The number of fused-ring (bicyclic) bond motifs is 1. The number of hydrogen-bond acceptors (Lipinski definition) is 5. The second-order valence-electron chi connectivity index (χ2n) is 6.36. The first-order chi connectivity index (χ1) is 12.5. The molecule has 0 bridgehead atoms. The Kier molecular flexibility index (Phi) is 4.08. The smallest absolute Gasteiger partial charge is 0.339 e. The predicted molar refractivity (Wildman–Crippen MR) is 98.2 cm³/mol. The van der Waals surface area contributed by atoms with Crippen molar-refractivity contribution in [2.45, 2.75) is 25.5 Å². The van der Waals surface area contributed by atoms with Gasteiger partial charge in [-0.2, -0.15) is 5.10 Å². The Bertz CT molecular complexity index is 964. The lowest BCUT2D eigenvalue weighted by Crippen LogP contribution is -2.49. The summed E-state index contributed by atoms with van der Waals surface area (Å²) in [7, 11) is 0. The second-order valence-corrected chi connectivity index (χ2v) is 7.39. The topological polar surface area (TPSA) is 73.2 Å². The van der Waals surface area contributed by atoms with Crippen LogP contribution in [0, 0.1) is 0 Å². The molecule has 0 spiro atoms. The molecule has 0 fully saturated rings. The van der Waals surface area contributed by atoms with Crippen LogP contribution < -0.4 is 5.32 Å². The van der Waals surface area contributed by atoms with Gasteiger partial charge in [-0.25, -0.2) is 9.48 Å². The minimum atomic E-state index is -1.26. The molecule has 3 aromatic rings. The number of nitrogens with zero attached hydrogens (tertiary/aromatic N) is 2. The lowest BCUT2D eigenvalue weighted by molar-refractivity contribution is -0.134. The fraction of sp³-hybridized carbons (Fsp3) is 0.211. The third-order valence-electron chi connectivity index (χ3n) is 4.41. The number of anilines is 1. The van der Waals surface area contributed by atoms with Crippen LogP contribution in [0.25, 0.3) is 0 Å². The normalized spacial score (nSPS) is 18.9. The first-order valence-corrected chi connectivity index (χ1v) is 9.10. The van der Waals surface area contributed by atoms with Gasteiger partial charge in [0.15, 0.2) is 5.60 Å². The Morgan fingerprint density at radius 2 is 2.15 bits per heavy atom. The molecule has 0 unspecified atom stereocenters. The molecule has 132 valence electrons. The number of carbonyl (C=O) groups is 2. The highest BCUT2D eigenvalue weighted by Crippen LogP contribution is 2.29. The van der Waals surface area contributed by atoms with Crippen molar-refractivity contribution in [3.05, 3.63) is 70.0 Å². The number of ether oxygens (including phenoxy) is 1. The zero-order valence-corrected chi connectivity index (χ0v) is 15.0. The van der Waals surface area contributed by atoms with E-state index in [4.69, 9.17) is 4.74 Å². The number of thiophene rings is 1. The summed E-state index contributed by atoms with van der Waals surface area (Å²) in [5.74, 6) is -0.274. The number of amides is 1. The molecule has 3 heterocycles. The summed E-state index contributed by atoms with van der Waals surface area (Å²) in [5, 5.41) is 9.11. The van der Waals surface area contributed by atoms with Crippen molar-refractivity contribution in [3.63, 3.8) is 0 Å². The molecular weight excluding hydrogens is 350 g/mol. The molecule has 0 saturated carbocycles. The van der Waals surface area contributed by atoms with Crippen molar-refractivity contribution in [2.24, 2.45) is 0 Å². The molecule has 1 atom stereocenters. The first kappa shape index (κ1) is 16.5. The maximum Gasteiger partial charge on any atom is 0.339 e. The molecule has 0 aliphatic carbocycles. The summed E-state index contributed by atoms with van der Waals surface area (Å²) in [6, 6.07) is 12.9. The van der Waals surface area contributed by atoms with Crippen molar-refractivity contribution in [1.82, 2.24) is 9.78 Å². The highest BCUT2D eigenvalue weighted by molar-refractivity contribution is 7.09. The zero-order chi connectivity index (χ0) is 18.1. The molecular formula is C19H17N3O3S. The van der Waals surface area contributed by atoms with E-state index in [1.807, 2.05) is 29.6 Å². The van der Waals surface area contributed by atoms with Crippen LogP contribution in [0.1, 0.15) is 27.7 Å². The number of aromatic nitrogens is 2. The molecule has 1 N–H and O–H groups in total. The minimum Gasteiger partial charge on any atom is -0.445 e. The lowest BCUT2D eigenvalue weighted by atomic mass is 9.89. The van der Waals surface area contributed by atoms with Crippen molar-refractivity contribution in [2.75, 3.05) is 5.32 Å². The maximum absolute atomic E-state index is 12.9. The van der Waals surface area contributed by atoms with Gasteiger partial charge < -0.3 is 10.1 Å². The van der Waals surface area contributed by atoms with E-state index in [-0.39, 0.29) is 5.91 Å². The Morgan fingerprint density at radius 1 is 1.31 bits per heavy atom. The van der Waals surface area contributed by atoms with E-state index in [0.717, 1.165) is 10.4 Å². The minimum absolute atomic E-state index is 0.333. The van der Waals surface area contributed by atoms with E-state index in [9.17, 15) is 9.59 Å². The largest absolute Gasteiger partial charge is 0.445 e. The standard InChI is InChI=1S/C19H17N3O3S/c1-19(11-13-5-2-3-7-15(13)17(23)25-19)18(24)21-16-8-9-20-22(16)12-14-6-4-10-26-14/h2-10H,11-12H2,1H3,(H,21,24)/t19-/m0/s1. The van der Waals surface area contributed by atoms with Crippen LogP contribution in [0.4, 0.5) is 5.82 Å². The van der Waals surface area contributed by atoms with Crippen molar-refractivity contribution < 1.29 is 14.3 Å². The molecule has 1 aliphatic heterocycles. The van der Waals surface area contributed by atoms with E-state index < -0.39 is 11.6 Å². The summed E-state index contributed by atoms with van der Waals surface area (Å²) >= 11 is 1.63. The van der Waals surface area contributed by atoms with Crippen molar-refractivity contribution in [3.8, 4) is 0 Å². The summed E-state index contributed by atoms with van der Waals surface area (Å²) in [5.41, 5.74) is 0.0673. The van der Waals surface area contributed by atoms with Gasteiger partial charge in [-0.05, 0) is 30.0 Å². The van der Waals surface area contributed by atoms with E-state index >= 15 is 0 Å². The number of cyclic esters (lactones) is 1. The zero-order valence-electron chi connectivity index (χ0n) is 14.1. The van der Waals surface area contributed by atoms with Gasteiger partial charge in [-0.15, -0.1) is 11.3 Å². The third-order valence-corrected chi connectivity index (χ3v) is 5.27.